The molecule has 1 amide bonds. The van der Waals surface area contributed by atoms with Gasteiger partial charge in [-0.3, -0.25) is 4.79 Å². The minimum atomic E-state index is -0.101. The third-order valence-electron chi connectivity index (χ3n) is 4.91. The number of imidazole rings is 1. The molecule has 4 aromatic rings. The van der Waals surface area contributed by atoms with Crippen molar-refractivity contribution in [2.24, 2.45) is 0 Å². The number of thioether (sulfide) groups is 1. The summed E-state index contributed by atoms with van der Waals surface area (Å²) in [6.07, 6.45) is 1.85. The van der Waals surface area contributed by atoms with Gasteiger partial charge in [0.2, 0.25) is 5.91 Å². The Labute approximate surface area is 196 Å². The number of aryl methyl sites for hydroxylation is 2. The van der Waals surface area contributed by atoms with E-state index in [1.54, 1.807) is 12.1 Å². The van der Waals surface area contributed by atoms with Crippen molar-refractivity contribution in [1.29, 1.82) is 0 Å². The number of aromatic amines is 1. The van der Waals surface area contributed by atoms with E-state index in [2.05, 4.69) is 77.7 Å². The number of H-pyrrole nitrogens is 1. The molecule has 0 fully saturated rings. The van der Waals surface area contributed by atoms with Gasteiger partial charge in [-0.25, -0.2) is 9.97 Å². The molecule has 0 aliphatic rings. The van der Waals surface area contributed by atoms with Gasteiger partial charge >= 0.3 is 0 Å². The van der Waals surface area contributed by atoms with Crippen molar-refractivity contribution < 1.29 is 4.79 Å². The number of nitrogens with one attached hydrogen (secondary N) is 2. The van der Waals surface area contributed by atoms with E-state index in [0.29, 0.717) is 23.0 Å². The summed E-state index contributed by atoms with van der Waals surface area (Å²) in [7, 11) is 0. The lowest BCUT2D eigenvalue weighted by Gasteiger charge is -2.04. The summed E-state index contributed by atoms with van der Waals surface area (Å²) < 4.78 is 0. The highest BCUT2D eigenvalue weighted by Crippen LogP contribution is 2.33. The van der Waals surface area contributed by atoms with Crippen LogP contribution in [0.4, 0.5) is 5.82 Å². The first-order chi connectivity index (χ1) is 15.5. The van der Waals surface area contributed by atoms with E-state index in [-0.39, 0.29) is 5.91 Å². The van der Waals surface area contributed by atoms with Gasteiger partial charge in [0.05, 0.1) is 16.4 Å². The maximum absolute atomic E-state index is 12.2. The number of pyridine rings is 1. The van der Waals surface area contributed by atoms with E-state index < -0.39 is 0 Å². The van der Waals surface area contributed by atoms with Crippen molar-refractivity contribution in [1.82, 2.24) is 15.0 Å². The number of aromatic nitrogens is 3. The monoisotopic (exact) mass is 462 g/mol. The van der Waals surface area contributed by atoms with Gasteiger partial charge in [-0.2, -0.15) is 0 Å². The highest BCUT2D eigenvalue weighted by molar-refractivity contribution is 7.99. The van der Waals surface area contributed by atoms with Gasteiger partial charge in [-0.05, 0) is 26.0 Å². The maximum atomic E-state index is 12.2. The van der Waals surface area contributed by atoms with Crippen molar-refractivity contribution in [3.63, 3.8) is 0 Å². The molecule has 0 spiro atoms. The normalized spacial score (nSPS) is 10.8. The molecule has 2 aromatic heterocycles. The van der Waals surface area contributed by atoms with E-state index in [1.807, 2.05) is 0 Å². The summed E-state index contributed by atoms with van der Waals surface area (Å²) in [6, 6.07) is 20.1. The quantitative estimate of drug-likeness (QED) is 0.306. The second-order valence-corrected chi connectivity index (χ2v) is 9.03. The van der Waals surface area contributed by atoms with Crippen LogP contribution < -0.4 is 5.32 Å². The number of carbonyl (C=O) groups is 1. The van der Waals surface area contributed by atoms with Gasteiger partial charge in [0.15, 0.2) is 5.16 Å². The largest absolute Gasteiger partial charge is 0.332 e. The van der Waals surface area contributed by atoms with Crippen LogP contribution in [0.1, 0.15) is 17.5 Å². The molecule has 32 heavy (non-hydrogen) atoms. The lowest BCUT2D eigenvalue weighted by atomic mass is 10.0. The lowest BCUT2D eigenvalue weighted by molar-refractivity contribution is -0.115. The van der Waals surface area contributed by atoms with Crippen LogP contribution in [-0.2, 0) is 4.79 Å². The van der Waals surface area contributed by atoms with Gasteiger partial charge in [0, 0.05) is 29.5 Å². The van der Waals surface area contributed by atoms with Gasteiger partial charge in [-0.15, -0.1) is 0 Å². The molecule has 0 aliphatic carbocycles. The number of anilines is 1. The van der Waals surface area contributed by atoms with E-state index in [0.717, 1.165) is 27.7 Å². The third kappa shape index (κ3) is 5.58. The predicted octanol–water partition coefficient (Wildman–Crippen LogP) is 6.53. The minimum absolute atomic E-state index is 0.101. The van der Waals surface area contributed by atoms with Crippen molar-refractivity contribution >= 4 is 35.1 Å². The highest BCUT2D eigenvalue weighted by atomic mass is 35.5. The van der Waals surface area contributed by atoms with Crippen molar-refractivity contribution in [3.8, 4) is 22.5 Å². The molecule has 4 rings (SSSR count). The van der Waals surface area contributed by atoms with Crippen LogP contribution in [0.25, 0.3) is 22.5 Å². The molecule has 2 N–H and O–H groups in total. The van der Waals surface area contributed by atoms with E-state index in [1.165, 1.54) is 29.1 Å². The Morgan fingerprint density at radius 2 is 1.62 bits per heavy atom. The predicted molar refractivity (Wildman–Crippen MR) is 132 cm³/mol. The Morgan fingerprint density at radius 1 is 0.969 bits per heavy atom. The topological polar surface area (TPSA) is 70.7 Å². The number of amides is 1. The zero-order valence-electron chi connectivity index (χ0n) is 17.9. The number of benzene rings is 2. The van der Waals surface area contributed by atoms with Crippen molar-refractivity contribution in [3.05, 3.63) is 83.0 Å². The summed E-state index contributed by atoms with van der Waals surface area (Å²) in [5.41, 5.74) is 6.44. The molecule has 7 heteroatoms. The molecular weight excluding hydrogens is 440 g/mol. The van der Waals surface area contributed by atoms with Gasteiger partial charge in [0.25, 0.3) is 0 Å². The summed E-state index contributed by atoms with van der Waals surface area (Å²) >= 11 is 7.35. The minimum Gasteiger partial charge on any atom is -0.332 e. The van der Waals surface area contributed by atoms with Crippen molar-refractivity contribution in [2.75, 3.05) is 11.1 Å². The summed E-state index contributed by atoms with van der Waals surface area (Å²) in [5, 5.41) is 4.10. The number of hydrogen-bond acceptors (Lipinski definition) is 4. The summed E-state index contributed by atoms with van der Waals surface area (Å²) in [6.45, 7) is 4.14. The van der Waals surface area contributed by atoms with E-state index in [4.69, 9.17) is 16.6 Å². The molecule has 0 saturated heterocycles. The van der Waals surface area contributed by atoms with Crippen molar-refractivity contribution in [2.45, 2.75) is 25.4 Å². The Kier molecular flexibility index (Phi) is 6.93. The van der Waals surface area contributed by atoms with Crippen LogP contribution in [0.5, 0.6) is 0 Å². The number of nitrogens with zero attached hydrogens (tertiary/aromatic N) is 2. The smallest absolute Gasteiger partial charge is 0.226 e. The fraction of sp³-hybridized carbons (Fsp3) is 0.160. The second-order valence-electron chi connectivity index (χ2n) is 7.51. The molecular formula is C25H23ClN4OS. The highest BCUT2D eigenvalue weighted by Gasteiger charge is 2.15. The van der Waals surface area contributed by atoms with Crippen LogP contribution in [0, 0.1) is 13.8 Å². The second kappa shape index (κ2) is 10.0. The van der Waals surface area contributed by atoms with Crippen LogP contribution in [-0.4, -0.2) is 26.6 Å². The van der Waals surface area contributed by atoms with Crippen LogP contribution in [0.2, 0.25) is 5.02 Å². The number of hydrogen-bond donors (Lipinski definition) is 2. The lowest BCUT2D eigenvalue weighted by Crippen LogP contribution is -2.13. The van der Waals surface area contributed by atoms with Crippen LogP contribution in [0.15, 0.2) is 72.0 Å². The van der Waals surface area contributed by atoms with E-state index >= 15 is 0 Å². The zero-order chi connectivity index (χ0) is 22.5. The number of rotatable bonds is 7. The molecule has 0 atom stereocenters. The molecule has 0 aliphatic heterocycles. The van der Waals surface area contributed by atoms with Gasteiger partial charge < -0.3 is 10.3 Å². The third-order valence-corrected chi connectivity index (χ3v) is 6.01. The Bertz CT molecular complexity index is 1140. The van der Waals surface area contributed by atoms with Gasteiger partial charge in [0.1, 0.15) is 5.82 Å². The first kappa shape index (κ1) is 22.1. The molecule has 162 valence electrons. The zero-order valence-corrected chi connectivity index (χ0v) is 19.4. The first-order valence-corrected chi connectivity index (χ1v) is 11.6. The molecule has 0 radical (unpaired) electrons. The average Bonchev–Trinajstić information content (AvgIpc) is 3.20. The average molecular weight is 463 g/mol. The SMILES string of the molecule is Cc1ccc(-c2nc(SCCC(=O)Nc3ccc(Cl)cn3)[nH]c2-c2ccc(C)cc2)cc1. The molecule has 2 heterocycles. The van der Waals surface area contributed by atoms with Gasteiger partial charge in [-0.1, -0.05) is 83.0 Å². The fourth-order valence-electron chi connectivity index (χ4n) is 3.16. The van der Waals surface area contributed by atoms with Crippen LogP contribution >= 0.6 is 23.4 Å². The van der Waals surface area contributed by atoms with Crippen LogP contribution in [0.3, 0.4) is 0 Å². The molecule has 2 aromatic carbocycles. The fourth-order valence-corrected chi connectivity index (χ4v) is 4.09. The first-order valence-electron chi connectivity index (χ1n) is 10.3. The summed E-state index contributed by atoms with van der Waals surface area (Å²) in [4.78, 5) is 24.6. The summed E-state index contributed by atoms with van der Waals surface area (Å²) in [5.74, 6) is 0.982. The number of carbonyl (C=O) groups excluding carboxylic acids is 1. The Hall–Kier alpha value is -3.09. The maximum Gasteiger partial charge on any atom is 0.226 e. The Morgan fingerprint density at radius 3 is 2.25 bits per heavy atom. The number of halogens is 1. The Balaban J connectivity index is 1.48. The molecule has 0 bridgehead atoms. The standard InChI is InChI=1S/C25H23ClN4OS/c1-16-3-7-18(8-4-16)23-24(19-9-5-17(2)6-10-19)30-25(29-23)32-14-13-22(31)28-21-12-11-20(26)15-27-21/h3-12,15H,13-14H2,1-2H3,(H,29,30)(H,27,28,31). The van der Waals surface area contributed by atoms with E-state index in [9.17, 15) is 4.79 Å². The molecule has 0 saturated carbocycles. The molecule has 5 nitrogen and oxygen atoms in total. The molecule has 0 unspecified atom stereocenters.